The van der Waals surface area contributed by atoms with E-state index in [2.05, 4.69) is 0 Å². The molecule has 0 bridgehead atoms. The number of imide groups is 1. The fourth-order valence-electron chi connectivity index (χ4n) is 3.51. The molecule has 1 atom stereocenters. The van der Waals surface area contributed by atoms with Crippen molar-refractivity contribution in [2.45, 2.75) is 25.4 Å². The minimum atomic E-state index is -0.919. The Labute approximate surface area is 165 Å². The minimum absolute atomic E-state index is 0.121. The van der Waals surface area contributed by atoms with Crippen molar-refractivity contribution < 1.29 is 24.0 Å². The second-order valence-corrected chi connectivity index (χ2v) is 6.75. The van der Waals surface area contributed by atoms with Gasteiger partial charge in [0.15, 0.2) is 0 Å². The highest BCUT2D eigenvalue weighted by Crippen LogP contribution is 2.26. The Kier molecular flexibility index (Phi) is 4.56. The fraction of sp³-hybridized carbons (Fsp3) is 0.190. The number of hydroxylamine groups is 2. The van der Waals surface area contributed by atoms with Gasteiger partial charge in [0, 0.05) is 13.0 Å². The summed E-state index contributed by atoms with van der Waals surface area (Å²) in [6.45, 7) is 0.121. The molecule has 2 aromatic carbocycles. The average molecular weight is 389 g/mol. The standard InChI is InChI=1S/C21H15N3O5/c22-11-13-4-3-5-14(10-13)12-23-17(8-9-18(23)25)21(28)29-24-19(26)15-6-1-2-7-16(15)20(24)27/h1-7,10,17H,8-9,12H2. The summed E-state index contributed by atoms with van der Waals surface area (Å²) in [5.74, 6) is -2.51. The third-order valence-electron chi connectivity index (χ3n) is 4.95. The van der Waals surface area contributed by atoms with E-state index in [1.165, 1.54) is 17.0 Å². The van der Waals surface area contributed by atoms with Crippen LogP contribution < -0.4 is 0 Å². The predicted octanol–water partition coefficient (Wildman–Crippen LogP) is 1.80. The molecule has 2 aliphatic rings. The maximum absolute atomic E-state index is 12.7. The summed E-state index contributed by atoms with van der Waals surface area (Å²) in [6, 6.07) is 14.0. The fourth-order valence-corrected chi connectivity index (χ4v) is 3.51. The van der Waals surface area contributed by atoms with Crippen molar-refractivity contribution in [2.24, 2.45) is 0 Å². The zero-order valence-corrected chi connectivity index (χ0v) is 15.2. The highest BCUT2D eigenvalue weighted by molar-refractivity contribution is 6.21. The summed E-state index contributed by atoms with van der Waals surface area (Å²) in [4.78, 5) is 56.2. The Hall–Kier alpha value is -3.99. The van der Waals surface area contributed by atoms with Crippen molar-refractivity contribution in [3.63, 3.8) is 0 Å². The van der Waals surface area contributed by atoms with Gasteiger partial charge in [0.1, 0.15) is 6.04 Å². The third-order valence-corrected chi connectivity index (χ3v) is 4.95. The molecule has 0 spiro atoms. The SMILES string of the molecule is N#Cc1cccc(CN2C(=O)CCC2C(=O)ON2C(=O)c3ccccc3C2=O)c1. The summed E-state index contributed by atoms with van der Waals surface area (Å²) < 4.78 is 0. The molecule has 0 N–H and O–H groups in total. The van der Waals surface area contributed by atoms with E-state index in [1.807, 2.05) is 6.07 Å². The number of hydrogen-bond acceptors (Lipinski definition) is 6. The Morgan fingerprint density at radius 3 is 2.41 bits per heavy atom. The lowest BCUT2D eigenvalue weighted by Crippen LogP contribution is -2.43. The molecule has 2 aromatic rings. The molecule has 0 aromatic heterocycles. The monoisotopic (exact) mass is 389 g/mol. The molecule has 0 aliphatic carbocycles. The summed E-state index contributed by atoms with van der Waals surface area (Å²) in [6.07, 6.45) is 0.374. The molecule has 2 aliphatic heterocycles. The van der Waals surface area contributed by atoms with Gasteiger partial charge >= 0.3 is 5.97 Å². The molecule has 1 fully saturated rings. The van der Waals surface area contributed by atoms with Crippen molar-refractivity contribution in [1.29, 1.82) is 5.26 Å². The van der Waals surface area contributed by atoms with Gasteiger partial charge in [-0.05, 0) is 36.2 Å². The van der Waals surface area contributed by atoms with Crippen LogP contribution in [0.2, 0.25) is 0 Å². The van der Waals surface area contributed by atoms with Crippen molar-refractivity contribution in [3.05, 3.63) is 70.8 Å². The second kappa shape index (κ2) is 7.20. The lowest BCUT2D eigenvalue weighted by molar-refractivity contribution is -0.175. The topological polar surface area (TPSA) is 108 Å². The Bertz CT molecular complexity index is 1050. The van der Waals surface area contributed by atoms with E-state index in [0.717, 1.165) is 0 Å². The zero-order valence-electron chi connectivity index (χ0n) is 15.2. The number of carbonyl (C=O) groups excluding carboxylic acids is 4. The molecule has 1 saturated heterocycles. The normalized spacial score (nSPS) is 18.0. The molecule has 1 unspecified atom stereocenters. The maximum Gasteiger partial charge on any atom is 0.355 e. The van der Waals surface area contributed by atoms with Gasteiger partial charge in [0.2, 0.25) is 5.91 Å². The quantitative estimate of drug-likeness (QED) is 0.738. The third kappa shape index (κ3) is 3.23. The van der Waals surface area contributed by atoms with Crippen molar-refractivity contribution in [3.8, 4) is 6.07 Å². The largest absolute Gasteiger partial charge is 0.355 e. The number of nitrogens with zero attached hydrogens (tertiary/aromatic N) is 3. The van der Waals surface area contributed by atoms with Crippen LogP contribution in [-0.2, 0) is 21.0 Å². The van der Waals surface area contributed by atoms with Gasteiger partial charge in [-0.15, -0.1) is 0 Å². The number of amides is 3. The Morgan fingerprint density at radius 2 is 1.76 bits per heavy atom. The smallest absolute Gasteiger partial charge is 0.327 e. The van der Waals surface area contributed by atoms with Crippen LogP contribution in [0.4, 0.5) is 0 Å². The lowest BCUT2D eigenvalue weighted by Gasteiger charge is -2.24. The highest BCUT2D eigenvalue weighted by Gasteiger charge is 2.43. The molecule has 0 radical (unpaired) electrons. The van der Waals surface area contributed by atoms with E-state index in [-0.39, 0.29) is 36.4 Å². The number of benzene rings is 2. The lowest BCUT2D eigenvalue weighted by atomic mass is 10.1. The van der Waals surface area contributed by atoms with Gasteiger partial charge in [-0.3, -0.25) is 14.4 Å². The predicted molar refractivity (Wildman–Crippen MR) is 97.8 cm³/mol. The number of rotatable bonds is 4. The van der Waals surface area contributed by atoms with E-state index in [4.69, 9.17) is 10.1 Å². The zero-order chi connectivity index (χ0) is 20.5. The number of likely N-dealkylation sites (tertiary alicyclic amines) is 1. The molecule has 3 amide bonds. The summed E-state index contributed by atoms with van der Waals surface area (Å²) in [7, 11) is 0. The van der Waals surface area contributed by atoms with Crippen LogP contribution in [0.3, 0.4) is 0 Å². The first kappa shape index (κ1) is 18.4. The highest BCUT2D eigenvalue weighted by atomic mass is 16.7. The van der Waals surface area contributed by atoms with Gasteiger partial charge in [-0.2, -0.15) is 5.26 Å². The van der Waals surface area contributed by atoms with Crippen LogP contribution in [0.15, 0.2) is 48.5 Å². The first-order valence-corrected chi connectivity index (χ1v) is 8.97. The van der Waals surface area contributed by atoms with Gasteiger partial charge in [-0.1, -0.05) is 29.3 Å². The maximum atomic E-state index is 12.7. The van der Waals surface area contributed by atoms with Crippen LogP contribution >= 0.6 is 0 Å². The van der Waals surface area contributed by atoms with Crippen molar-refractivity contribution in [2.75, 3.05) is 0 Å². The van der Waals surface area contributed by atoms with Crippen LogP contribution in [0, 0.1) is 11.3 Å². The molecular weight excluding hydrogens is 374 g/mol. The van der Waals surface area contributed by atoms with Gasteiger partial charge in [0.05, 0.1) is 22.8 Å². The molecule has 4 rings (SSSR count). The average Bonchev–Trinajstić information content (AvgIpc) is 3.21. The molecule has 8 heteroatoms. The summed E-state index contributed by atoms with van der Waals surface area (Å²) >= 11 is 0. The molecule has 8 nitrogen and oxygen atoms in total. The van der Waals surface area contributed by atoms with E-state index < -0.39 is 23.8 Å². The number of hydrogen-bond donors (Lipinski definition) is 0. The number of fused-ring (bicyclic) bond motifs is 1. The minimum Gasteiger partial charge on any atom is -0.327 e. The van der Waals surface area contributed by atoms with E-state index in [1.54, 1.807) is 36.4 Å². The van der Waals surface area contributed by atoms with E-state index in [0.29, 0.717) is 16.2 Å². The first-order valence-electron chi connectivity index (χ1n) is 8.97. The first-order chi connectivity index (χ1) is 14.0. The molecule has 144 valence electrons. The van der Waals surface area contributed by atoms with E-state index >= 15 is 0 Å². The Balaban J connectivity index is 1.51. The van der Waals surface area contributed by atoms with Crippen LogP contribution in [0.25, 0.3) is 0 Å². The second-order valence-electron chi connectivity index (χ2n) is 6.75. The molecular formula is C21H15N3O5. The van der Waals surface area contributed by atoms with Gasteiger partial charge in [-0.25, -0.2) is 4.79 Å². The van der Waals surface area contributed by atoms with Crippen LogP contribution in [0.1, 0.15) is 44.7 Å². The van der Waals surface area contributed by atoms with Gasteiger partial charge in [0.25, 0.3) is 11.8 Å². The Morgan fingerprint density at radius 1 is 1.07 bits per heavy atom. The number of nitriles is 1. The molecule has 29 heavy (non-hydrogen) atoms. The van der Waals surface area contributed by atoms with Crippen LogP contribution in [-0.4, -0.2) is 39.7 Å². The molecule has 0 saturated carbocycles. The van der Waals surface area contributed by atoms with E-state index in [9.17, 15) is 19.2 Å². The van der Waals surface area contributed by atoms with Crippen molar-refractivity contribution >= 4 is 23.7 Å². The number of carbonyl (C=O) groups is 4. The van der Waals surface area contributed by atoms with Crippen LogP contribution in [0.5, 0.6) is 0 Å². The summed E-state index contributed by atoms with van der Waals surface area (Å²) in [5.41, 5.74) is 1.47. The van der Waals surface area contributed by atoms with Gasteiger partial charge < -0.3 is 9.74 Å². The van der Waals surface area contributed by atoms with Crippen molar-refractivity contribution in [1.82, 2.24) is 9.96 Å². The molecule has 2 heterocycles. The summed E-state index contributed by atoms with van der Waals surface area (Å²) in [5, 5.41) is 9.47.